The summed E-state index contributed by atoms with van der Waals surface area (Å²) in [6.45, 7) is 1.96. The van der Waals surface area contributed by atoms with Gasteiger partial charge in [0.15, 0.2) is 11.5 Å². The molecule has 3 rings (SSSR count). The second-order valence-corrected chi connectivity index (χ2v) is 5.98. The molecule has 0 radical (unpaired) electrons. The number of halogens is 4. The van der Waals surface area contributed by atoms with Crippen LogP contribution in [0.15, 0.2) is 42.0 Å². The van der Waals surface area contributed by atoms with Gasteiger partial charge in [-0.2, -0.15) is 0 Å². The molecule has 0 bridgehead atoms. The van der Waals surface area contributed by atoms with E-state index in [1.807, 2.05) is 19.1 Å². The summed E-state index contributed by atoms with van der Waals surface area (Å²) in [5.41, 5.74) is 4.64. The van der Waals surface area contributed by atoms with Crippen molar-refractivity contribution in [2.75, 3.05) is 7.11 Å². The molecule has 0 spiro atoms. The highest BCUT2D eigenvalue weighted by atomic mass is 35.5. The van der Waals surface area contributed by atoms with E-state index < -0.39 is 6.36 Å². The van der Waals surface area contributed by atoms with Crippen molar-refractivity contribution in [1.29, 1.82) is 0 Å². The molecule has 0 unspecified atom stereocenters. The van der Waals surface area contributed by atoms with Gasteiger partial charge in [0.25, 0.3) is 0 Å². The highest BCUT2D eigenvalue weighted by Gasteiger charge is 2.33. The molecule has 126 valence electrons. The van der Waals surface area contributed by atoms with Crippen molar-refractivity contribution in [2.45, 2.75) is 19.7 Å². The van der Waals surface area contributed by atoms with E-state index in [-0.39, 0.29) is 11.5 Å². The van der Waals surface area contributed by atoms with Gasteiger partial charge in [0.2, 0.25) is 0 Å². The van der Waals surface area contributed by atoms with Crippen LogP contribution in [0.25, 0.3) is 5.57 Å². The molecule has 0 aliphatic heterocycles. The van der Waals surface area contributed by atoms with Crippen LogP contribution in [0, 0.1) is 0 Å². The molecule has 6 heteroatoms. The van der Waals surface area contributed by atoms with Crippen LogP contribution in [0.2, 0.25) is 5.02 Å². The summed E-state index contributed by atoms with van der Waals surface area (Å²) < 4.78 is 46.9. The van der Waals surface area contributed by atoms with E-state index in [1.165, 1.54) is 13.2 Å². The maximum Gasteiger partial charge on any atom is 0.573 e. The third kappa shape index (κ3) is 3.22. The summed E-state index contributed by atoms with van der Waals surface area (Å²) in [5.74, 6) is -0.277. The first-order valence-electron chi connectivity index (χ1n) is 7.21. The monoisotopic (exact) mass is 354 g/mol. The Balaban J connectivity index is 2.07. The fourth-order valence-electron chi connectivity index (χ4n) is 2.97. The Kier molecular flexibility index (Phi) is 4.22. The molecule has 2 nitrogen and oxygen atoms in total. The van der Waals surface area contributed by atoms with Gasteiger partial charge in [-0.1, -0.05) is 29.3 Å². The number of alkyl halides is 3. The number of hydrogen-bond acceptors (Lipinski definition) is 2. The number of fused-ring (bicyclic) bond motifs is 1. The molecule has 2 aromatic carbocycles. The van der Waals surface area contributed by atoms with Crippen molar-refractivity contribution in [3.63, 3.8) is 0 Å². The summed E-state index contributed by atoms with van der Waals surface area (Å²) in [6.07, 6.45) is -4.20. The van der Waals surface area contributed by atoms with Crippen LogP contribution in [0.3, 0.4) is 0 Å². The zero-order valence-corrected chi connectivity index (χ0v) is 13.8. The number of ether oxygens (including phenoxy) is 2. The Morgan fingerprint density at radius 2 is 1.71 bits per heavy atom. The van der Waals surface area contributed by atoms with E-state index in [1.54, 1.807) is 18.2 Å². The average Bonchev–Trinajstić information content (AvgIpc) is 2.80. The number of rotatable bonds is 3. The van der Waals surface area contributed by atoms with Gasteiger partial charge >= 0.3 is 6.36 Å². The first-order chi connectivity index (χ1) is 11.3. The minimum absolute atomic E-state index is 0.0484. The molecule has 0 amide bonds. The number of methoxy groups -OCH3 is 1. The summed E-state index contributed by atoms with van der Waals surface area (Å²) in [6, 6.07) is 10.3. The van der Waals surface area contributed by atoms with Crippen LogP contribution in [-0.4, -0.2) is 13.5 Å². The molecule has 24 heavy (non-hydrogen) atoms. The predicted molar refractivity (Wildman–Crippen MR) is 86.5 cm³/mol. The van der Waals surface area contributed by atoms with Gasteiger partial charge in [-0.05, 0) is 59.9 Å². The first kappa shape index (κ1) is 16.7. The molecule has 0 atom stereocenters. The molecule has 1 aliphatic rings. The SMILES string of the molecule is COc1cc2c(cc1OC(F)(F)F)CC(C)=C2c1ccc(Cl)cc1. The average molecular weight is 355 g/mol. The van der Waals surface area contributed by atoms with E-state index in [0.717, 1.165) is 27.8 Å². The van der Waals surface area contributed by atoms with Gasteiger partial charge in [0, 0.05) is 5.02 Å². The highest BCUT2D eigenvalue weighted by Crippen LogP contribution is 2.44. The minimum atomic E-state index is -4.76. The van der Waals surface area contributed by atoms with Gasteiger partial charge < -0.3 is 9.47 Å². The van der Waals surface area contributed by atoms with Crippen molar-refractivity contribution in [1.82, 2.24) is 0 Å². The lowest BCUT2D eigenvalue weighted by molar-refractivity contribution is -0.275. The van der Waals surface area contributed by atoms with Crippen LogP contribution in [-0.2, 0) is 6.42 Å². The van der Waals surface area contributed by atoms with Crippen LogP contribution < -0.4 is 9.47 Å². The normalized spacial score (nSPS) is 13.9. The van der Waals surface area contributed by atoms with Crippen LogP contribution in [0.1, 0.15) is 23.6 Å². The molecular formula is C18H14ClF3O2. The van der Waals surface area contributed by atoms with Gasteiger partial charge in [-0.25, -0.2) is 0 Å². The van der Waals surface area contributed by atoms with Gasteiger partial charge in [0.05, 0.1) is 7.11 Å². The first-order valence-corrected chi connectivity index (χ1v) is 7.59. The van der Waals surface area contributed by atoms with Crippen LogP contribution in [0.4, 0.5) is 13.2 Å². The van der Waals surface area contributed by atoms with Crippen molar-refractivity contribution >= 4 is 17.2 Å². The third-order valence-corrected chi connectivity index (χ3v) is 4.15. The van der Waals surface area contributed by atoms with E-state index >= 15 is 0 Å². The molecule has 0 aromatic heterocycles. The second kappa shape index (κ2) is 6.06. The highest BCUT2D eigenvalue weighted by molar-refractivity contribution is 6.30. The minimum Gasteiger partial charge on any atom is -0.493 e. The largest absolute Gasteiger partial charge is 0.573 e. The summed E-state index contributed by atoms with van der Waals surface area (Å²) in [7, 11) is 1.32. The maximum absolute atomic E-state index is 12.6. The maximum atomic E-state index is 12.6. The Labute approximate surface area is 142 Å². The predicted octanol–water partition coefficient (Wildman–Crippen LogP) is 5.63. The zero-order valence-electron chi connectivity index (χ0n) is 13.0. The van der Waals surface area contributed by atoms with E-state index in [4.69, 9.17) is 16.3 Å². The molecule has 0 saturated carbocycles. The molecule has 0 saturated heterocycles. The van der Waals surface area contributed by atoms with Crippen molar-refractivity contribution in [2.24, 2.45) is 0 Å². The lowest BCUT2D eigenvalue weighted by Crippen LogP contribution is -2.17. The van der Waals surface area contributed by atoms with Gasteiger partial charge in [0.1, 0.15) is 0 Å². The van der Waals surface area contributed by atoms with E-state index in [9.17, 15) is 13.2 Å². The molecule has 0 heterocycles. The summed E-state index contributed by atoms with van der Waals surface area (Å²) in [5, 5.41) is 0.627. The van der Waals surface area contributed by atoms with Crippen LogP contribution in [0.5, 0.6) is 11.5 Å². The Morgan fingerprint density at radius 1 is 1.04 bits per heavy atom. The number of hydrogen-bond donors (Lipinski definition) is 0. The second-order valence-electron chi connectivity index (χ2n) is 5.55. The quantitative estimate of drug-likeness (QED) is 0.711. The fourth-order valence-corrected chi connectivity index (χ4v) is 3.09. The lowest BCUT2D eigenvalue weighted by atomic mass is 9.97. The van der Waals surface area contributed by atoms with E-state index in [0.29, 0.717) is 11.4 Å². The standard InChI is InChI=1S/C18H14ClF3O2/c1-10-7-12-8-16(24-18(20,21)22)15(23-2)9-14(12)17(10)11-3-5-13(19)6-4-11/h3-6,8-9H,7H2,1-2H3. The van der Waals surface area contributed by atoms with Crippen molar-refractivity contribution < 1.29 is 22.6 Å². The smallest absolute Gasteiger partial charge is 0.493 e. The topological polar surface area (TPSA) is 18.5 Å². The Hall–Kier alpha value is -2.14. The van der Waals surface area contributed by atoms with Gasteiger partial charge in [-0.15, -0.1) is 13.2 Å². The molecular weight excluding hydrogens is 341 g/mol. The van der Waals surface area contributed by atoms with Gasteiger partial charge in [-0.3, -0.25) is 0 Å². The third-order valence-electron chi connectivity index (χ3n) is 3.90. The fraction of sp³-hybridized carbons (Fsp3) is 0.222. The van der Waals surface area contributed by atoms with Crippen molar-refractivity contribution in [3.05, 3.63) is 63.7 Å². The molecule has 0 N–H and O–H groups in total. The summed E-state index contributed by atoms with van der Waals surface area (Å²) in [4.78, 5) is 0. The zero-order chi connectivity index (χ0) is 17.5. The Bertz CT molecular complexity index is 808. The molecule has 2 aromatic rings. The Morgan fingerprint density at radius 3 is 2.29 bits per heavy atom. The van der Waals surface area contributed by atoms with E-state index in [2.05, 4.69) is 4.74 Å². The molecule has 1 aliphatic carbocycles. The number of benzene rings is 2. The van der Waals surface area contributed by atoms with Crippen LogP contribution >= 0.6 is 11.6 Å². The van der Waals surface area contributed by atoms with Crippen molar-refractivity contribution in [3.8, 4) is 11.5 Å². The summed E-state index contributed by atoms with van der Waals surface area (Å²) >= 11 is 5.93. The number of allylic oxidation sites excluding steroid dienone is 1. The molecule has 0 fully saturated rings. The lowest BCUT2D eigenvalue weighted by Gasteiger charge is -2.15.